The summed E-state index contributed by atoms with van der Waals surface area (Å²) in [5.74, 6) is 5.71. The normalized spacial score (nSPS) is 11.0. The molecule has 0 fully saturated rings. The van der Waals surface area contributed by atoms with Crippen molar-refractivity contribution < 1.29 is 13.5 Å². The Morgan fingerprint density at radius 2 is 2.00 bits per heavy atom. The van der Waals surface area contributed by atoms with Gasteiger partial charge in [-0.15, -0.1) is 0 Å². The minimum Gasteiger partial charge on any atom is -0.395 e. The van der Waals surface area contributed by atoms with Crippen LogP contribution in [0.2, 0.25) is 0 Å². The van der Waals surface area contributed by atoms with Crippen LogP contribution in [0.15, 0.2) is 18.2 Å². The summed E-state index contributed by atoms with van der Waals surface area (Å²) in [5, 5.41) is 8.18. The molecular formula is C14H19NO3S. The second-order valence-electron chi connectivity index (χ2n) is 4.56. The van der Waals surface area contributed by atoms with Gasteiger partial charge in [0.1, 0.15) is 0 Å². The first kappa shape index (κ1) is 15.5. The Morgan fingerprint density at radius 1 is 1.32 bits per heavy atom. The SMILES string of the molecule is Cc1cc(C#CCCO)cc(NS(=O)(=O)C(C)C)c1. The highest BCUT2D eigenvalue weighted by Crippen LogP contribution is 2.16. The monoisotopic (exact) mass is 281 g/mol. The van der Waals surface area contributed by atoms with Crippen LogP contribution in [0.3, 0.4) is 0 Å². The van der Waals surface area contributed by atoms with E-state index >= 15 is 0 Å². The average Bonchev–Trinajstić information content (AvgIpc) is 2.27. The molecule has 0 spiro atoms. The second-order valence-corrected chi connectivity index (χ2v) is 6.80. The van der Waals surface area contributed by atoms with Crippen LogP contribution in [-0.4, -0.2) is 25.4 Å². The lowest BCUT2D eigenvalue weighted by Gasteiger charge is -2.11. The van der Waals surface area contributed by atoms with Crippen molar-refractivity contribution in [3.8, 4) is 11.8 Å². The number of sulfonamides is 1. The lowest BCUT2D eigenvalue weighted by molar-refractivity contribution is 0.305. The van der Waals surface area contributed by atoms with Crippen LogP contribution >= 0.6 is 0 Å². The minimum absolute atomic E-state index is 0.0195. The Bertz CT molecular complexity index is 595. The Morgan fingerprint density at radius 3 is 2.58 bits per heavy atom. The van der Waals surface area contributed by atoms with Gasteiger partial charge in [-0.2, -0.15) is 0 Å². The van der Waals surface area contributed by atoms with Crippen molar-refractivity contribution in [2.24, 2.45) is 0 Å². The van der Waals surface area contributed by atoms with Crippen molar-refractivity contribution in [2.75, 3.05) is 11.3 Å². The Kier molecular flexibility index (Phi) is 5.40. The van der Waals surface area contributed by atoms with Crippen molar-refractivity contribution in [3.05, 3.63) is 29.3 Å². The van der Waals surface area contributed by atoms with Crippen LogP contribution in [-0.2, 0) is 10.0 Å². The fourth-order valence-corrected chi connectivity index (χ4v) is 2.10. The number of aliphatic hydroxyl groups excluding tert-OH is 1. The van der Waals surface area contributed by atoms with Gasteiger partial charge in [-0.05, 0) is 44.5 Å². The third-order valence-electron chi connectivity index (χ3n) is 2.43. The molecule has 1 rings (SSSR count). The number of hydrogen-bond donors (Lipinski definition) is 2. The molecule has 0 saturated heterocycles. The van der Waals surface area contributed by atoms with Gasteiger partial charge in [-0.1, -0.05) is 11.8 Å². The van der Waals surface area contributed by atoms with E-state index in [1.165, 1.54) is 0 Å². The fourth-order valence-electron chi connectivity index (χ4n) is 1.42. The van der Waals surface area contributed by atoms with E-state index in [1.54, 1.807) is 26.0 Å². The number of nitrogens with one attached hydrogen (secondary N) is 1. The highest BCUT2D eigenvalue weighted by Gasteiger charge is 2.15. The van der Waals surface area contributed by atoms with Crippen molar-refractivity contribution in [1.29, 1.82) is 0 Å². The number of aryl methyl sites for hydroxylation is 1. The predicted molar refractivity (Wildman–Crippen MR) is 77.4 cm³/mol. The molecule has 0 atom stereocenters. The van der Waals surface area contributed by atoms with E-state index < -0.39 is 15.3 Å². The van der Waals surface area contributed by atoms with Gasteiger partial charge in [0.2, 0.25) is 10.0 Å². The maximum absolute atomic E-state index is 11.8. The number of anilines is 1. The first-order valence-electron chi connectivity index (χ1n) is 6.08. The molecule has 1 aromatic carbocycles. The van der Waals surface area contributed by atoms with Gasteiger partial charge < -0.3 is 5.11 Å². The van der Waals surface area contributed by atoms with Gasteiger partial charge in [0.05, 0.1) is 11.9 Å². The lowest BCUT2D eigenvalue weighted by atomic mass is 10.1. The highest BCUT2D eigenvalue weighted by molar-refractivity contribution is 7.93. The molecule has 0 radical (unpaired) electrons. The number of benzene rings is 1. The second kappa shape index (κ2) is 6.60. The summed E-state index contributed by atoms with van der Waals surface area (Å²) < 4.78 is 26.1. The summed E-state index contributed by atoms with van der Waals surface area (Å²) >= 11 is 0. The molecule has 2 N–H and O–H groups in total. The molecule has 0 heterocycles. The molecule has 0 bridgehead atoms. The average molecular weight is 281 g/mol. The van der Waals surface area contributed by atoms with Crippen molar-refractivity contribution in [3.63, 3.8) is 0 Å². The van der Waals surface area contributed by atoms with E-state index in [9.17, 15) is 8.42 Å². The topological polar surface area (TPSA) is 66.4 Å². The van der Waals surface area contributed by atoms with Crippen LogP contribution in [0.25, 0.3) is 0 Å². The minimum atomic E-state index is -3.35. The van der Waals surface area contributed by atoms with E-state index in [4.69, 9.17) is 5.11 Å². The van der Waals surface area contributed by atoms with Gasteiger partial charge in [0.15, 0.2) is 0 Å². The molecular weight excluding hydrogens is 262 g/mol. The van der Waals surface area contributed by atoms with Crippen molar-refractivity contribution >= 4 is 15.7 Å². The smallest absolute Gasteiger partial charge is 0.235 e. The van der Waals surface area contributed by atoms with E-state index in [2.05, 4.69) is 16.6 Å². The van der Waals surface area contributed by atoms with E-state index in [0.717, 1.165) is 11.1 Å². The Hall–Kier alpha value is -1.51. The molecule has 4 nitrogen and oxygen atoms in total. The van der Waals surface area contributed by atoms with Gasteiger partial charge in [0, 0.05) is 17.7 Å². The summed E-state index contributed by atoms with van der Waals surface area (Å²) in [4.78, 5) is 0. The van der Waals surface area contributed by atoms with Crippen LogP contribution in [0.5, 0.6) is 0 Å². The standard InChI is InChI=1S/C14H19NO3S/c1-11(2)19(17,18)15-14-9-12(3)8-13(10-14)6-4-5-7-16/h8-11,15-16H,5,7H2,1-3H3. The number of aliphatic hydroxyl groups is 1. The lowest BCUT2D eigenvalue weighted by Crippen LogP contribution is -2.22. The molecule has 0 amide bonds. The summed E-state index contributed by atoms with van der Waals surface area (Å²) in [5.41, 5.74) is 2.18. The van der Waals surface area contributed by atoms with Crippen LogP contribution < -0.4 is 4.72 Å². The van der Waals surface area contributed by atoms with E-state index in [0.29, 0.717) is 12.1 Å². The van der Waals surface area contributed by atoms with Gasteiger partial charge >= 0.3 is 0 Å². The first-order chi connectivity index (χ1) is 8.85. The number of rotatable bonds is 4. The van der Waals surface area contributed by atoms with Crippen molar-refractivity contribution in [2.45, 2.75) is 32.4 Å². The van der Waals surface area contributed by atoms with E-state index in [1.807, 2.05) is 13.0 Å². The zero-order chi connectivity index (χ0) is 14.5. The third-order valence-corrected chi connectivity index (χ3v) is 4.19. The van der Waals surface area contributed by atoms with Crippen LogP contribution in [0.4, 0.5) is 5.69 Å². The Labute approximate surface area is 114 Å². The van der Waals surface area contributed by atoms with Crippen LogP contribution in [0, 0.1) is 18.8 Å². The quantitative estimate of drug-likeness (QED) is 0.828. The first-order valence-corrected chi connectivity index (χ1v) is 7.63. The maximum Gasteiger partial charge on any atom is 0.235 e. The molecule has 0 aliphatic heterocycles. The molecule has 0 unspecified atom stereocenters. The number of hydrogen-bond acceptors (Lipinski definition) is 3. The maximum atomic E-state index is 11.8. The summed E-state index contributed by atoms with van der Waals surface area (Å²) in [6, 6.07) is 5.33. The van der Waals surface area contributed by atoms with Crippen molar-refractivity contribution in [1.82, 2.24) is 0 Å². The molecule has 0 aliphatic carbocycles. The summed E-state index contributed by atoms with van der Waals surface area (Å²) in [6.07, 6.45) is 0.404. The third kappa shape index (κ3) is 4.93. The Balaban J connectivity index is 3.02. The van der Waals surface area contributed by atoms with Gasteiger partial charge in [0.25, 0.3) is 0 Å². The molecule has 0 aromatic heterocycles. The highest BCUT2D eigenvalue weighted by atomic mass is 32.2. The molecule has 0 aliphatic rings. The molecule has 1 aromatic rings. The molecule has 0 saturated carbocycles. The fraction of sp³-hybridized carbons (Fsp3) is 0.429. The van der Waals surface area contributed by atoms with Crippen LogP contribution in [0.1, 0.15) is 31.4 Å². The molecule has 104 valence electrons. The van der Waals surface area contributed by atoms with Gasteiger partial charge in [-0.25, -0.2) is 8.42 Å². The zero-order valence-electron chi connectivity index (χ0n) is 11.4. The van der Waals surface area contributed by atoms with Gasteiger partial charge in [-0.3, -0.25) is 4.72 Å². The molecule has 5 heteroatoms. The summed E-state index contributed by atoms with van der Waals surface area (Å²) in [6.45, 7) is 5.15. The molecule has 19 heavy (non-hydrogen) atoms. The largest absolute Gasteiger partial charge is 0.395 e. The van der Waals surface area contributed by atoms with E-state index in [-0.39, 0.29) is 6.61 Å². The predicted octanol–water partition coefficient (Wildman–Crippen LogP) is 1.88. The summed E-state index contributed by atoms with van der Waals surface area (Å²) in [7, 11) is -3.35. The zero-order valence-corrected chi connectivity index (χ0v) is 12.2.